The molecule has 0 radical (unpaired) electrons. The number of phenols is 1. The summed E-state index contributed by atoms with van der Waals surface area (Å²) in [4.78, 5) is 4.65. The van der Waals surface area contributed by atoms with E-state index < -0.39 is 0 Å². The lowest BCUT2D eigenvalue weighted by Crippen LogP contribution is -2.23. The summed E-state index contributed by atoms with van der Waals surface area (Å²) in [7, 11) is 0. The molecular weight excluding hydrogens is 266 g/mol. The Bertz CT molecular complexity index is 624. The number of hydrogen-bond donors (Lipinski definition) is 1. The third-order valence-electron chi connectivity index (χ3n) is 3.55. The molecule has 0 aliphatic carbocycles. The third kappa shape index (κ3) is 2.38. The maximum Gasteiger partial charge on any atom is 0.140 e. The van der Waals surface area contributed by atoms with Crippen LogP contribution < -0.4 is 4.90 Å². The van der Waals surface area contributed by atoms with Gasteiger partial charge in [0.15, 0.2) is 0 Å². The van der Waals surface area contributed by atoms with Crippen LogP contribution in [0.3, 0.4) is 0 Å². The van der Waals surface area contributed by atoms with Crippen molar-refractivity contribution in [2.75, 3.05) is 11.4 Å². The zero-order valence-electron chi connectivity index (χ0n) is 11.8. The molecule has 1 aliphatic rings. The highest BCUT2D eigenvalue weighted by atomic mass is 32.2. The average Bonchev–Trinajstić information content (AvgIpc) is 2.43. The molecule has 0 fully saturated rings. The van der Waals surface area contributed by atoms with E-state index in [1.807, 2.05) is 6.07 Å². The second kappa shape index (κ2) is 5.41. The molecule has 2 aromatic carbocycles. The summed E-state index contributed by atoms with van der Waals surface area (Å²) in [6.45, 7) is 5.40. The molecule has 3 heteroatoms. The van der Waals surface area contributed by atoms with Crippen LogP contribution in [-0.4, -0.2) is 11.7 Å². The molecule has 1 heterocycles. The molecule has 0 saturated heterocycles. The van der Waals surface area contributed by atoms with Gasteiger partial charge in [-0.3, -0.25) is 0 Å². The Balaban J connectivity index is 2.07. The van der Waals surface area contributed by atoms with Gasteiger partial charge in [0.25, 0.3) is 0 Å². The van der Waals surface area contributed by atoms with Crippen LogP contribution in [0.15, 0.2) is 52.3 Å². The summed E-state index contributed by atoms with van der Waals surface area (Å²) in [5.74, 6) is 1.01. The lowest BCUT2D eigenvalue weighted by molar-refractivity contribution is 0.472. The lowest BCUT2D eigenvalue weighted by Gasteiger charge is -2.33. The Morgan fingerprint density at radius 3 is 2.60 bits per heavy atom. The lowest BCUT2D eigenvalue weighted by atomic mass is 10.1. The molecule has 1 N–H and O–H groups in total. The van der Waals surface area contributed by atoms with E-state index in [4.69, 9.17) is 0 Å². The van der Waals surface area contributed by atoms with Crippen LogP contribution >= 0.6 is 11.8 Å². The maximum absolute atomic E-state index is 10.3. The van der Waals surface area contributed by atoms with Crippen molar-refractivity contribution in [3.63, 3.8) is 0 Å². The standard InChI is InChI=1S/C17H19NOS/c1-12(2)10-11-18-13-6-3-4-8-15(13)20-16-9-5-7-14(19)17(16)18/h3-9,12,19H,10-11H2,1-2H3. The van der Waals surface area contributed by atoms with Crippen molar-refractivity contribution in [2.45, 2.75) is 30.1 Å². The minimum atomic E-state index is 0.369. The van der Waals surface area contributed by atoms with Crippen LogP contribution in [0, 0.1) is 5.92 Å². The molecule has 0 amide bonds. The summed E-state index contributed by atoms with van der Waals surface area (Å²) >= 11 is 1.73. The van der Waals surface area contributed by atoms with E-state index in [2.05, 4.69) is 49.1 Å². The minimum absolute atomic E-state index is 0.369. The molecule has 2 aromatic rings. The van der Waals surface area contributed by atoms with Crippen LogP contribution in [0.2, 0.25) is 0 Å². The number of anilines is 2. The van der Waals surface area contributed by atoms with Gasteiger partial charge in [0, 0.05) is 16.3 Å². The first-order chi connectivity index (χ1) is 9.66. The Labute approximate surface area is 124 Å². The molecule has 1 aliphatic heterocycles. The topological polar surface area (TPSA) is 23.5 Å². The molecule has 20 heavy (non-hydrogen) atoms. The zero-order chi connectivity index (χ0) is 14.1. The van der Waals surface area contributed by atoms with Gasteiger partial charge in [0.2, 0.25) is 0 Å². The second-order valence-corrected chi connectivity index (χ2v) is 6.61. The van der Waals surface area contributed by atoms with Crippen molar-refractivity contribution in [3.8, 4) is 5.75 Å². The van der Waals surface area contributed by atoms with Crippen molar-refractivity contribution >= 4 is 23.1 Å². The van der Waals surface area contributed by atoms with Crippen molar-refractivity contribution in [1.82, 2.24) is 0 Å². The highest BCUT2D eigenvalue weighted by molar-refractivity contribution is 7.99. The van der Waals surface area contributed by atoms with E-state index >= 15 is 0 Å². The molecule has 104 valence electrons. The first-order valence-electron chi connectivity index (χ1n) is 7.03. The van der Waals surface area contributed by atoms with E-state index in [-0.39, 0.29) is 0 Å². The van der Waals surface area contributed by atoms with Crippen molar-refractivity contribution in [2.24, 2.45) is 5.92 Å². The molecule has 0 bridgehead atoms. The summed E-state index contributed by atoms with van der Waals surface area (Å²) in [5, 5.41) is 10.3. The van der Waals surface area contributed by atoms with Crippen LogP contribution in [0.4, 0.5) is 11.4 Å². The maximum atomic E-state index is 10.3. The van der Waals surface area contributed by atoms with Gasteiger partial charge >= 0.3 is 0 Å². The van der Waals surface area contributed by atoms with Crippen LogP contribution in [0.5, 0.6) is 5.75 Å². The predicted molar refractivity (Wildman–Crippen MR) is 85.1 cm³/mol. The molecule has 0 unspecified atom stereocenters. The van der Waals surface area contributed by atoms with E-state index in [0.717, 1.165) is 23.5 Å². The molecule has 0 atom stereocenters. The highest BCUT2D eigenvalue weighted by Gasteiger charge is 2.25. The largest absolute Gasteiger partial charge is 0.506 e. The van der Waals surface area contributed by atoms with E-state index in [9.17, 15) is 5.11 Å². The van der Waals surface area contributed by atoms with Crippen molar-refractivity contribution < 1.29 is 5.11 Å². The Hall–Kier alpha value is -1.61. The normalized spacial score (nSPS) is 13.2. The van der Waals surface area contributed by atoms with Gasteiger partial charge in [-0.05, 0) is 36.6 Å². The zero-order valence-corrected chi connectivity index (χ0v) is 12.7. The summed E-state index contributed by atoms with van der Waals surface area (Å²) in [6.07, 6.45) is 1.10. The number of aromatic hydroxyl groups is 1. The minimum Gasteiger partial charge on any atom is -0.506 e. The Morgan fingerprint density at radius 1 is 1.05 bits per heavy atom. The molecule has 3 rings (SSSR count). The molecule has 0 aromatic heterocycles. The summed E-state index contributed by atoms with van der Waals surface area (Å²) in [5.41, 5.74) is 2.16. The van der Waals surface area contributed by atoms with Crippen LogP contribution in [0.25, 0.3) is 0 Å². The molecular formula is C17H19NOS. The van der Waals surface area contributed by atoms with E-state index in [1.165, 1.54) is 10.6 Å². The fourth-order valence-corrected chi connectivity index (χ4v) is 3.61. The monoisotopic (exact) mass is 285 g/mol. The number of fused-ring (bicyclic) bond motifs is 2. The van der Waals surface area contributed by atoms with Crippen molar-refractivity contribution in [3.05, 3.63) is 42.5 Å². The number of phenolic OH excluding ortho intramolecular Hbond substituents is 1. The summed E-state index contributed by atoms with van der Waals surface area (Å²) < 4.78 is 0. The Kier molecular flexibility index (Phi) is 3.62. The van der Waals surface area contributed by atoms with Gasteiger partial charge in [-0.25, -0.2) is 0 Å². The third-order valence-corrected chi connectivity index (χ3v) is 4.67. The number of benzene rings is 2. The van der Waals surface area contributed by atoms with Crippen molar-refractivity contribution in [1.29, 1.82) is 0 Å². The fourth-order valence-electron chi connectivity index (χ4n) is 2.49. The van der Waals surface area contributed by atoms with Gasteiger partial charge in [0.05, 0.1) is 11.4 Å². The first-order valence-corrected chi connectivity index (χ1v) is 7.85. The number of rotatable bonds is 3. The Morgan fingerprint density at radius 2 is 1.80 bits per heavy atom. The first kappa shape index (κ1) is 13.4. The molecule has 2 nitrogen and oxygen atoms in total. The van der Waals surface area contributed by atoms with Gasteiger partial charge < -0.3 is 10.0 Å². The van der Waals surface area contributed by atoms with Gasteiger partial charge in [-0.15, -0.1) is 0 Å². The van der Waals surface area contributed by atoms with E-state index in [1.54, 1.807) is 17.8 Å². The van der Waals surface area contributed by atoms with E-state index in [0.29, 0.717) is 11.7 Å². The number of nitrogens with zero attached hydrogens (tertiary/aromatic N) is 1. The van der Waals surface area contributed by atoms with Crippen LogP contribution in [0.1, 0.15) is 20.3 Å². The summed E-state index contributed by atoms with van der Waals surface area (Å²) in [6, 6.07) is 14.2. The van der Waals surface area contributed by atoms with Gasteiger partial charge in [0.1, 0.15) is 5.75 Å². The fraction of sp³-hybridized carbons (Fsp3) is 0.294. The van der Waals surface area contributed by atoms with Crippen LogP contribution in [-0.2, 0) is 0 Å². The molecule has 0 spiro atoms. The average molecular weight is 285 g/mol. The SMILES string of the molecule is CC(C)CCN1c2ccccc2Sc2cccc(O)c21. The van der Waals surface area contributed by atoms with Gasteiger partial charge in [-0.2, -0.15) is 0 Å². The smallest absolute Gasteiger partial charge is 0.140 e. The molecule has 0 saturated carbocycles. The quantitative estimate of drug-likeness (QED) is 0.854. The second-order valence-electron chi connectivity index (χ2n) is 5.53. The number of hydrogen-bond acceptors (Lipinski definition) is 3. The highest BCUT2D eigenvalue weighted by Crippen LogP contribution is 2.51. The predicted octanol–water partition coefficient (Wildman–Crippen LogP) is 5.04. The van der Waals surface area contributed by atoms with Gasteiger partial charge in [-0.1, -0.05) is 43.8 Å². The number of para-hydroxylation sites is 2.